The molecule has 1 heterocycles. The quantitative estimate of drug-likeness (QED) is 0.0523. The van der Waals surface area contributed by atoms with E-state index < -0.39 is 22.4 Å². The van der Waals surface area contributed by atoms with Crippen LogP contribution in [0.5, 0.6) is 0 Å². The standard InChI is InChI=1S/C42H70O6Si2/c1-15-44-39(43)30-23-19-22-29-37(48-50(13,14)41(6,7)8)34-26-24-27-35(31-34)38-32-36(45-42(9,10)46-38)28-21-18-16-17-20-25-33(2)47-49(11,12)40(3,4)5/h16,18-19,21-24,26-28,30-31,33,36-38H,15,17,20,25,29,32H2,1-14H3/b18-16+,22-19+,28-21+,30-23-/t33?,36-,37-,38+/m0/s1. The number of benzene rings is 1. The molecule has 50 heavy (non-hydrogen) atoms. The predicted molar refractivity (Wildman–Crippen MR) is 214 cm³/mol. The van der Waals surface area contributed by atoms with E-state index in [0.717, 1.165) is 36.8 Å². The summed E-state index contributed by atoms with van der Waals surface area (Å²) in [5.74, 6) is -1.06. The number of hydrogen-bond donors (Lipinski definition) is 0. The van der Waals surface area contributed by atoms with Crippen molar-refractivity contribution in [1.29, 1.82) is 0 Å². The first kappa shape index (κ1) is 44.1. The van der Waals surface area contributed by atoms with Crippen molar-refractivity contribution < 1.29 is 27.9 Å². The molecule has 0 amide bonds. The van der Waals surface area contributed by atoms with Gasteiger partial charge in [-0.3, -0.25) is 0 Å². The van der Waals surface area contributed by atoms with E-state index in [0.29, 0.717) is 19.1 Å². The molecule has 2 rings (SSSR count). The fourth-order valence-corrected chi connectivity index (χ4v) is 8.11. The van der Waals surface area contributed by atoms with Gasteiger partial charge in [0.25, 0.3) is 0 Å². The Hall–Kier alpha value is -2.08. The maximum absolute atomic E-state index is 11.7. The van der Waals surface area contributed by atoms with Gasteiger partial charge in [-0.2, -0.15) is 0 Å². The first-order valence-electron chi connectivity index (χ1n) is 18.7. The Kier molecular flexibility index (Phi) is 16.9. The van der Waals surface area contributed by atoms with Crippen LogP contribution in [-0.2, 0) is 27.9 Å². The molecule has 0 saturated carbocycles. The van der Waals surface area contributed by atoms with Crippen LogP contribution in [0.15, 0.2) is 72.9 Å². The number of unbranched alkanes of at least 4 members (excludes halogenated alkanes) is 1. The number of carbonyl (C=O) groups excluding carboxylic acids is 1. The summed E-state index contributed by atoms with van der Waals surface area (Å²) in [6.07, 6.45) is 20.4. The summed E-state index contributed by atoms with van der Waals surface area (Å²) in [5, 5.41) is 0.301. The monoisotopic (exact) mass is 726 g/mol. The largest absolute Gasteiger partial charge is 0.463 e. The van der Waals surface area contributed by atoms with E-state index in [4.69, 9.17) is 23.1 Å². The molecular formula is C42H70O6Si2. The SMILES string of the molecule is CCOC(=O)/C=C\C=C\C[C@H](O[Si](C)(C)C(C)(C)C)c1cccc([C@H]2C[C@H](/C=C/C=C/CCCC(C)O[Si](C)(C)C(C)(C)C)OC(C)(C)O2)c1. The molecule has 0 N–H and O–H groups in total. The van der Waals surface area contributed by atoms with Crippen molar-refractivity contribution in [2.45, 2.75) is 168 Å². The summed E-state index contributed by atoms with van der Waals surface area (Å²) in [5.41, 5.74) is 2.25. The van der Waals surface area contributed by atoms with Gasteiger partial charge in [0.05, 0.1) is 24.9 Å². The lowest BCUT2D eigenvalue weighted by Crippen LogP contribution is -2.43. The van der Waals surface area contributed by atoms with Crippen molar-refractivity contribution in [1.82, 2.24) is 0 Å². The average Bonchev–Trinajstić information content (AvgIpc) is 2.98. The number of ether oxygens (including phenoxy) is 3. The molecule has 1 aromatic rings. The van der Waals surface area contributed by atoms with Gasteiger partial charge in [-0.1, -0.05) is 108 Å². The van der Waals surface area contributed by atoms with Gasteiger partial charge in [0.1, 0.15) is 0 Å². The highest BCUT2D eigenvalue weighted by Gasteiger charge is 2.40. The summed E-state index contributed by atoms with van der Waals surface area (Å²) in [6, 6.07) is 8.64. The second-order valence-corrected chi connectivity index (χ2v) is 26.7. The number of hydrogen-bond acceptors (Lipinski definition) is 6. The van der Waals surface area contributed by atoms with E-state index in [2.05, 4.69) is 129 Å². The van der Waals surface area contributed by atoms with Crippen LogP contribution in [0.25, 0.3) is 0 Å². The van der Waals surface area contributed by atoms with Crippen molar-refractivity contribution >= 4 is 22.6 Å². The maximum atomic E-state index is 11.7. The van der Waals surface area contributed by atoms with Gasteiger partial charge in [-0.25, -0.2) is 4.79 Å². The van der Waals surface area contributed by atoms with Crippen LogP contribution in [0.3, 0.4) is 0 Å². The number of rotatable bonds is 17. The van der Waals surface area contributed by atoms with Crippen molar-refractivity contribution in [3.05, 3.63) is 84.0 Å². The Morgan fingerprint density at radius 3 is 2.22 bits per heavy atom. The van der Waals surface area contributed by atoms with E-state index >= 15 is 0 Å². The Morgan fingerprint density at radius 1 is 0.940 bits per heavy atom. The third kappa shape index (κ3) is 14.9. The van der Waals surface area contributed by atoms with Gasteiger partial charge >= 0.3 is 5.97 Å². The van der Waals surface area contributed by atoms with Crippen LogP contribution in [0.4, 0.5) is 0 Å². The van der Waals surface area contributed by atoms with Crippen molar-refractivity contribution in [3.8, 4) is 0 Å². The molecule has 1 aromatic carbocycles. The molecule has 0 aromatic heterocycles. The highest BCUT2D eigenvalue weighted by atomic mass is 28.4. The third-order valence-electron chi connectivity index (χ3n) is 10.2. The van der Waals surface area contributed by atoms with E-state index in [1.54, 1.807) is 13.0 Å². The van der Waals surface area contributed by atoms with Crippen LogP contribution in [-0.4, -0.2) is 47.2 Å². The van der Waals surface area contributed by atoms with Gasteiger partial charge in [0.15, 0.2) is 22.4 Å². The second kappa shape index (κ2) is 19.1. The lowest BCUT2D eigenvalue weighted by molar-refractivity contribution is -0.292. The minimum Gasteiger partial charge on any atom is -0.463 e. The zero-order valence-electron chi connectivity index (χ0n) is 33.9. The molecule has 0 bridgehead atoms. The second-order valence-electron chi connectivity index (χ2n) is 17.1. The van der Waals surface area contributed by atoms with Crippen molar-refractivity contribution in [3.63, 3.8) is 0 Å². The van der Waals surface area contributed by atoms with Crippen LogP contribution >= 0.6 is 0 Å². The number of esters is 1. The average molecular weight is 727 g/mol. The lowest BCUT2D eigenvalue weighted by Gasteiger charge is -2.41. The smallest absolute Gasteiger partial charge is 0.330 e. The van der Waals surface area contributed by atoms with Crippen molar-refractivity contribution in [2.75, 3.05) is 6.61 Å². The molecule has 1 unspecified atom stereocenters. The summed E-state index contributed by atoms with van der Waals surface area (Å²) in [6.45, 7) is 31.3. The van der Waals surface area contributed by atoms with Crippen LogP contribution < -0.4 is 0 Å². The maximum Gasteiger partial charge on any atom is 0.330 e. The minimum absolute atomic E-state index is 0.0652. The van der Waals surface area contributed by atoms with Gasteiger partial charge in [0, 0.05) is 18.6 Å². The van der Waals surface area contributed by atoms with Crippen LogP contribution in [0.1, 0.15) is 125 Å². The van der Waals surface area contributed by atoms with Gasteiger partial charge < -0.3 is 23.1 Å². The Bertz CT molecular complexity index is 1310. The molecule has 6 nitrogen and oxygen atoms in total. The Balaban J connectivity index is 2.12. The molecule has 1 aliphatic rings. The topological polar surface area (TPSA) is 63.2 Å². The van der Waals surface area contributed by atoms with Gasteiger partial charge in [0.2, 0.25) is 0 Å². The molecule has 1 aliphatic heterocycles. The zero-order valence-corrected chi connectivity index (χ0v) is 35.9. The van der Waals surface area contributed by atoms with E-state index in [9.17, 15) is 4.79 Å². The zero-order chi connectivity index (χ0) is 37.8. The summed E-state index contributed by atoms with van der Waals surface area (Å²) >= 11 is 0. The Morgan fingerprint density at radius 2 is 1.58 bits per heavy atom. The first-order valence-corrected chi connectivity index (χ1v) is 24.5. The summed E-state index contributed by atoms with van der Waals surface area (Å²) in [4.78, 5) is 11.7. The number of carbonyl (C=O) groups is 1. The number of allylic oxidation sites excluding steroid dienone is 5. The first-order chi connectivity index (χ1) is 23.1. The molecule has 0 radical (unpaired) electrons. The lowest BCUT2D eigenvalue weighted by atomic mass is 9.96. The molecule has 1 saturated heterocycles. The summed E-state index contributed by atoms with van der Waals surface area (Å²) in [7, 11) is -3.81. The highest BCUT2D eigenvalue weighted by molar-refractivity contribution is 6.74. The molecular weight excluding hydrogens is 657 g/mol. The molecule has 8 heteroatoms. The third-order valence-corrected chi connectivity index (χ3v) is 19.3. The molecule has 282 valence electrons. The van der Waals surface area contributed by atoms with Gasteiger partial charge in [-0.15, -0.1) is 0 Å². The van der Waals surface area contributed by atoms with E-state index in [-0.39, 0.29) is 34.4 Å². The van der Waals surface area contributed by atoms with E-state index in [1.165, 1.54) is 6.08 Å². The minimum atomic E-state index is -2.09. The molecule has 1 fully saturated rings. The fraction of sp³-hybridized carbons (Fsp3) is 0.643. The van der Waals surface area contributed by atoms with Gasteiger partial charge in [-0.05, 0) is 101 Å². The van der Waals surface area contributed by atoms with Crippen LogP contribution in [0.2, 0.25) is 36.3 Å². The van der Waals surface area contributed by atoms with E-state index in [1.807, 2.05) is 19.9 Å². The molecule has 4 atom stereocenters. The molecule has 0 aliphatic carbocycles. The highest BCUT2D eigenvalue weighted by Crippen LogP contribution is 2.42. The Labute approximate surface area is 308 Å². The normalized spacial score (nSPS) is 20.7. The van der Waals surface area contributed by atoms with Crippen molar-refractivity contribution in [2.24, 2.45) is 0 Å². The molecule has 0 spiro atoms. The fourth-order valence-electron chi connectivity index (χ4n) is 5.34. The predicted octanol–water partition coefficient (Wildman–Crippen LogP) is 12.1. The summed E-state index contributed by atoms with van der Waals surface area (Å²) < 4.78 is 31.3. The van der Waals surface area contributed by atoms with Crippen LogP contribution in [0, 0.1) is 0 Å².